The first-order chi connectivity index (χ1) is 15.2. The van der Waals surface area contributed by atoms with Gasteiger partial charge < -0.3 is 36.6 Å². The number of hydrogen-bond donors (Lipinski definition) is 7. The molecule has 4 unspecified atom stereocenters. The number of amides is 3. The molecule has 1 saturated heterocycles. The molecular formula is C20H28N4O7S. The van der Waals surface area contributed by atoms with Crippen LogP contribution in [0.4, 0.5) is 0 Å². The third-order valence-corrected chi connectivity index (χ3v) is 5.55. The fourth-order valence-corrected chi connectivity index (χ4v) is 3.55. The van der Waals surface area contributed by atoms with Gasteiger partial charge in [-0.05, 0) is 30.5 Å². The van der Waals surface area contributed by atoms with E-state index < -0.39 is 54.5 Å². The van der Waals surface area contributed by atoms with Crippen molar-refractivity contribution in [2.45, 2.75) is 43.4 Å². The van der Waals surface area contributed by atoms with Gasteiger partial charge in [0.25, 0.3) is 0 Å². The van der Waals surface area contributed by atoms with Gasteiger partial charge in [-0.2, -0.15) is 12.6 Å². The molecule has 0 radical (unpaired) electrons. The number of thiol groups is 1. The highest BCUT2D eigenvalue weighted by Gasteiger charge is 2.39. The molecule has 3 amide bonds. The van der Waals surface area contributed by atoms with Crippen LogP contribution in [0.1, 0.15) is 18.4 Å². The van der Waals surface area contributed by atoms with E-state index in [2.05, 4.69) is 23.3 Å². The molecule has 7 N–H and O–H groups in total. The number of likely N-dealkylation sites (tertiary alicyclic amines) is 1. The molecule has 0 aromatic heterocycles. The highest BCUT2D eigenvalue weighted by atomic mass is 32.1. The zero-order chi connectivity index (χ0) is 23.8. The normalized spacial score (nSPS) is 18.5. The van der Waals surface area contributed by atoms with Crippen LogP contribution < -0.4 is 16.4 Å². The first-order valence-electron chi connectivity index (χ1n) is 10.1. The van der Waals surface area contributed by atoms with Crippen molar-refractivity contribution in [2.24, 2.45) is 5.73 Å². The Bertz CT molecular complexity index is 836. The van der Waals surface area contributed by atoms with Crippen LogP contribution in [0.25, 0.3) is 0 Å². The Morgan fingerprint density at radius 1 is 1.16 bits per heavy atom. The number of aliphatic carboxylic acids is 1. The molecule has 4 atom stereocenters. The van der Waals surface area contributed by atoms with Crippen LogP contribution in [-0.4, -0.2) is 87.0 Å². The lowest BCUT2D eigenvalue weighted by Gasteiger charge is -2.29. The average molecular weight is 469 g/mol. The van der Waals surface area contributed by atoms with Gasteiger partial charge in [-0.15, -0.1) is 0 Å². The number of carbonyl (C=O) groups excluding carboxylic acids is 3. The van der Waals surface area contributed by atoms with Crippen LogP contribution >= 0.6 is 12.6 Å². The SMILES string of the molecule is NC(CS)C(=O)NC(CO)C(=O)N1CCCC1C(=O)NC(Cc1ccc(O)cc1)C(=O)O. The number of nitrogens with zero attached hydrogens (tertiary/aromatic N) is 1. The fourth-order valence-electron chi connectivity index (χ4n) is 3.39. The summed E-state index contributed by atoms with van der Waals surface area (Å²) in [6, 6.07) is 1.50. The maximum atomic E-state index is 12.9. The molecule has 1 aliphatic rings. The van der Waals surface area contributed by atoms with Crippen molar-refractivity contribution in [3.8, 4) is 5.75 Å². The lowest BCUT2D eigenvalue weighted by Crippen LogP contribution is -2.58. The Hall–Kier alpha value is -2.83. The molecule has 0 bridgehead atoms. The molecule has 1 fully saturated rings. The molecule has 2 rings (SSSR count). The quantitative estimate of drug-likeness (QED) is 0.197. The van der Waals surface area contributed by atoms with Crippen LogP contribution in [0.5, 0.6) is 5.75 Å². The Balaban J connectivity index is 2.07. The van der Waals surface area contributed by atoms with Gasteiger partial charge in [-0.1, -0.05) is 12.1 Å². The number of carboxylic acid groups (broad SMARTS) is 1. The van der Waals surface area contributed by atoms with Crippen molar-refractivity contribution in [1.82, 2.24) is 15.5 Å². The van der Waals surface area contributed by atoms with Gasteiger partial charge >= 0.3 is 5.97 Å². The first kappa shape index (κ1) is 25.4. The number of aliphatic hydroxyl groups is 1. The zero-order valence-electron chi connectivity index (χ0n) is 17.3. The number of phenolic OH excluding ortho intramolecular Hbond substituents is 1. The van der Waals surface area contributed by atoms with E-state index in [4.69, 9.17) is 5.73 Å². The number of rotatable bonds is 10. The molecule has 0 saturated carbocycles. The molecule has 12 heteroatoms. The molecule has 0 spiro atoms. The number of aliphatic hydroxyl groups excluding tert-OH is 1. The van der Waals surface area contributed by atoms with Crippen molar-refractivity contribution in [3.05, 3.63) is 29.8 Å². The van der Waals surface area contributed by atoms with Crippen molar-refractivity contribution < 1.29 is 34.5 Å². The molecule has 1 aromatic carbocycles. The predicted octanol–water partition coefficient (Wildman–Crippen LogP) is -1.77. The number of phenols is 1. The van der Waals surface area contributed by atoms with Crippen LogP contribution in [-0.2, 0) is 25.6 Å². The van der Waals surface area contributed by atoms with Crippen molar-refractivity contribution in [3.63, 3.8) is 0 Å². The number of hydrogen-bond acceptors (Lipinski definition) is 8. The Morgan fingerprint density at radius 2 is 1.81 bits per heavy atom. The maximum absolute atomic E-state index is 12.9. The van der Waals surface area contributed by atoms with E-state index in [0.29, 0.717) is 18.4 Å². The average Bonchev–Trinajstić information content (AvgIpc) is 3.27. The van der Waals surface area contributed by atoms with E-state index in [1.54, 1.807) is 12.1 Å². The molecule has 32 heavy (non-hydrogen) atoms. The van der Waals surface area contributed by atoms with Gasteiger partial charge in [-0.3, -0.25) is 14.4 Å². The van der Waals surface area contributed by atoms with Gasteiger partial charge in [0, 0.05) is 18.7 Å². The summed E-state index contributed by atoms with van der Waals surface area (Å²) in [6.07, 6.45) is 0.798. The zero-order valence-corrected chi connectivity index (χ0v) is 18.2. The minimum Gasteiger partial charge on any atom is -0.508 e. The molecule has 1 heterocycles. The smallest absolute Gasteiger partial charge is 0.326 e. The predicted molar refractivity (Wildman–Crippen MR) is 117 cm³/mol. The topological polar surface area (TPSA) is 182 Å². The molecule has 0 aliphatic carbocycles. The highest BCUT2D eigenvalue weighted by Crippen LogP contribution is 2.19. The Morgan fingerprint density at radius 3 is 2.38 bits per heavy atom. The third-order valence-electron chi connectivity index (χ3n) is 5.16. The van der Waals surface area contributed by atoms with Crippen molar-refractivity contribution >= 4 is 36.3 Å². The van der Waals surface area contributed by atoms with Crippen molar-refractivity contribution in [1.29, 1.82) is 0 Å². The standard InChI is InChI=1S/C20H28N4O7S/c21-13(10-32)17(27)23-15(9-25)19(29)24-7-1-2-16(24)18(28)22-14(20(30)31)8-11-3-5-12(26)6-4-11/h3-6,13-16,25-26,32H,1-2,7-10,21H2,(H,22,28)(H,23,27)(H,30,31). The number of benzene rings is 1. The fraction of sp³-hybridized carbons (Fsp3) is 0.500. The summed E-state index contributed by atoms with van der Waals surface area (Å²) in [5.74, 6) is -3.13. The summed E-state index contributed by atoms with van der Waals surface area (Å²) in [4.78, 5) is 50.5. The summed E-state index contributed by atoms with van der Waals surface area (Å²) >= 11 is 3.92. The van der Waals surface area contributed by atoms with Crippen LogP contribution in [0.15, 0.2) is 24.3 Å². The van der Waals surface area contributed by atoms with Crippen molar-refractivity contribution in [2.75, 3.05) is 18.9 Å². The lowest BCUT2D eigenvalue weighted by atomic mass is 10.0. The number of aromatic hydroxyl groups is 1. The number of carboxylic acids is 1. The lowest BCUT2D eigenvalue weighted by molar-refractivity contribution is -0.145. The second-order valence-electron chi connectivity index (χ2n) is 7.49. The summed E-state index contributed by atoms with van der Waals surface area (Å²) < 4.78 is 0. The van der Waals surface area contributed by atoms with E-state index in [-0.39, 0.29) is 24.5 Å². The Labute approximate surface area is 190 Å². The number of carbonyl (C=O) groups is 4. The second-order valence-corrected chi connectivity index (χ2v) is 7.86. The Kier molecular flexibility index (Phi) is 9.29. The van der Waals surface area contributed by atoms with E-state index in [1.807, 2.05) is 0 Å². The summed E-state index contributed by atoms with van der Waals surface area (Å²) in [5, 5.41) is 33.2. The van der Waals surface area contributed by atoms with Crippen LogP contribution in [0.3, 0.4) is 0 Å². The molecular weight excluding hydrogens is 440 g/mol. The van der Waals surface area contributed by atoms with Crippen LogP contribution in [0, 0.1) is 0 Å². The van der Waals surface area contributed by atoms with Gasteiger partial charge in [0.15, 0.2) is 0 Å². The molecule has 1 aliphatic heterocycles. The minimum atomic E-state index is -1.28. The number of nitrogens with two attached hydrogens (primary N) is 1. The van der Waals surface area contributed by atoms with Crippen LogP contribution in [0.2, 0.25) is 0 Å². The van der Waals surface area contributed by atoms with Gasteiger partial charge in [0.1, 0.15) is 23.9 Å². The number of nitrogens with one attached hydrogen (secondary N) is 2. The van der Waals surface area contributed by atoms with E-state index in [9.17, 15) is 34.5 Å². The van der Waals surface area contributed by atoms with Gasteiger partial charge in [0.05, 0.1) is 12.6 Å². The molecule has 176 valence electrons. The summed E-state index contributed by atoms with van der Waals surface area (Å²) in [6.45, 7) is -0.467. The molecule has 11 nitrogen and oxygen atoms in total. The third kappa shape index (κ3) is 6.58. The molecule has 1 aromatic rings. The summed E-state index contributed by atoms with van der Waals surface area (Å²) in [7, 11) is 0. The van der Waals surface area contributed by atoms with Gasteiger partial charge in [0.2, 0.25) is 17.7 Å². The van der Waals surface area contributed by atoms with E-state index >= 15 is 0 Å². The highest BCUT2D eigenvalue weighted by molar-refractivity contribution is 7.80. The van der Waals surface area contributed by atoms with Gasteiger partial charge in [-0.25, -0.2) is 4.79 Å². The second kappa shape index (κ2) is 11.7. The first-order valence-corrected chi connectivity index (χ1v) is 10.7. The summed E-state index contributed by atoms with van der Waals surface area (Å²) in [5.41, 5.74) is 6.17. The monoisotopic (exact) mass is 468 g/mol. The van der Waals surface area contributed by atoms with E-state index in [0.717, 1.165) is 0 Å². The maximum Gasteiger partial charge on any atom is 0.326 e. The van der Waals surface area contributed by atoms with E-state index in [1.165, 1.54) is 17.0 Å². The largest absolute Gasteiger partial charge is 0.508 e. The minimum absolute atomic E-state index is 0.0149.